The van der Waals surface area contributed by atoms with Crippen LogP contribution in [0.15, 0.2) is 18.2 Å². The van der Waals surface area contributed by atoms with Crippen molar-refractivity contribution in [3.63, 3.8) is 0 Å². The average molecular weight is 435 g/mol. The minimum Gasteiger partial charge on any atom is -0.496 e. The van der Waals surface area contributed by atoms with E-state index in [9.17, 15) is 9.59 Å². The van der Waals surface area contributed by atoms with Crippen LogP contribution in [0.1, 0.15) is 54.0 Å². The van der Waals surface area contributed by atoms with E-state index in [0.29, 0.717) is 11.3 Å². The third-order valence-corrected chi connectivity index (χ3v) is 5.43. The first-order chi connectivity index (χ1) is 14.2. The fourth-order valence-electron chi connectivity index (χ4n) is 3.09. The van der Waals surface area contributed by atoms with Gasteiger partial charge in [0.15, 0.2) is 0 Å². The number of hydrogen-bond donors (Lipinski definition) is 1. The van der Waals surface area contributed by atoms with E-state index < -0.39 is 42.0 Å². The van der Waals surface area contributed by atoms with Crippen LogP contribution in [0.25, 0.3) is 0 Å². The van der Waals surface area contributed by atoms with E-state index in [2.05, 4.69) is 5.32 Å². The third kappa shape index (κ3) is 6.14. The normalized spacial score (nSPS) is 18.3. The van der Waals surface area contributed by atoms with Gasteiger partial charge in [0.2, 0.25) is 0 Å². The van der Waals surface area contributed by atoms with Crippen LogP contribution in [0.4, 0.5) is 4.79 Å². The second-order valence-corrected chi connectivity index (χ2v) is 9.59. The Balaban J connectivity index is 2.29. The lowest BCUT2D eigenvalue weighted by Gasteiger charge is -2.32. The number of hydrogen-bond acceptors (Lipinski definition) is 7. The van der Waals surface area contributed by atoms with Crippen LogP contribution >= 0.6 is 0 Å². The van der Waals surface area contributed by atoms with Crippen molar-refractivity contribution in [1.29, 1.82) is 0 Å². The van der Waals surface area contributed by atoms with Crippen molar-refractivity contribution in [3.05, 3.63) is 23.8 Å². The summed E-state index contributed by atoms with van der Waals surface area (Å²) in [5.41, 5.74) is -0.176. The second-order valence-electron chi connectivity index (χ2n) is 9.59. The molecule has 0 bridgehead atoms. The highest BCUT2D eigenvalue weighted by Crippen LogP contribution is 2.36. The van der Waals surface area contributed by atoms with Crippen LogP contribution in [0.3, 0.4) is 0 Å². The molecular weight excluding hydrogens is 401 g/mol. The van der Waals surface area contributed by atoms with Crippen LogP contribution in [-0.4, -0.2) is 56.2 Å². The summed E-state index contributed by atoms with van der Waals surface area (Å²) in [5, 5.41) is 2.59. The Kier molecular flexibility index (Phi) is 7.33. The highest BCUT2D eigenvalue weighted by Gasteiger charge is 2.51. The highest BCUT2D eigenvalue weighted by molar-refractivity contribution is 6.62. The molecule has 31 heavy (non-hydrogen) atoms. The van der Waals surface area contributed by atoms with Crippen molar-refractivity contribution in [3.8, 4) is 5.75 Å². The molecule has 0 radical (unpaired) electrons. The predicted molar refractivity (Wildman–Crippen MR) is 118 cm³/mol. The zero-order valence-corrected chi connectivity index (χ0v) is 20.0. The van der Waals surface area contributed by atoms with Gasteiger partial charge in [-0.3, -0.25) is 0 Å². The predicted octanol–water partition coefficient (Wildman–Crippen LogP) is 2.60. The standard InChI is InChI=1S/C22H34BNO7/c1-20(2,3)29-19(26)24-16(18(25)28-9)13-14-12-15(10-11-17(14)27-8)23-30-21(4,5)22(6,7)31-23/h10-12,16H,13H2,1-9H3,(H,24,26)/t16-/m0/s1. The lowest BCUT2D eigenvalue weighted by Crippen LogP contribution is -2.45. The maximum atomic E-state index is 12.3. The first-order valence-corrected chi connectivity index (χ1v) is 10.3. The van der Waals surface area contributed by atoms with Crippen molar-refractivity contribution in [2.45, 2.75) is 77.7 Å². The molecule has 8 nitrogen and oxygen atoms in total. The molecule has 1 fully saturated rings. The van der Waals surface area contributed by atoms with Gasteiger partial charge in [-0.05, 0) is 65.6 Å². The van der Waals surface area contributed by atoms with E-state index in [1.807, 2.05) is 39.8 Å². The maximum absolute atomic E-state index is 12.3. The number of carbonyl (C=O) groups is 2. The van der Waals surface area contributed by atoms with Gasteiger partial charge in [-0.1, -0.05) is 12.1 Å². The van der Waals surface area contributed by atoms with Crippen molar-refractivity contribution in [2.75, 3.05) is 14.2 Å². The van der Waals surface area contributed by atoms with Crippen LogP contribution in [0.2, 0.25) is 0 Å². The lowest BCUT2D eigenvalue weighted by atomic mass is 9.78. The molecule has 0 aliphatic carbocycles. The lowest BCUT2D eigenvalue weighted by molar-refractivity contribution is -0.143. The number of methoxy groups -OCH3 is 2. The zero-order chi connectivity index (χ0) is 23.6. The summed E-state index contributed by atoms with van der Waals surface area (Å²) in [6.45, 7) is 13.2. The van der Waals surface area contributed by atoms with Crippen molar-refractivity contribution < 1.29 is 33.1 Å². The van der Waals surface area contributed by atoms with E-state index in [4.69, 9.17) is 23.5 Å². The molecule has 1 aromatic carbocycles. The van der Waals surface area contributed by atoms with Gasteiger partial charge in [-0.15, -0.1) is 0 Å². The Hall–Kier alpha value is -2.26. The molecule has 1 N–H and O–H groups in total. The van der Waals surface area contributed by atoms with Crippen LogP contribution in [-0.2, 0) is 30.0 Å². The molecule has 1 aliphatic heterocycles. The number of ether oxygens (including phenoxy) is 3. The number of esters is 1. The minimum absolute atomic E-state index is 0.141. The molecule has 1 aromatic rings. The largest absolute Gasteiger partial charge is 0.496 e. The topological polar surface area (TPSA) is 92.3 Å². The van der Waals surface area contributed by atoms with E-state index in [0.717, 1.165) is 5.46 Å². The number of nitrogens with one attached hydrogen (secondary N) is 1. The fourth-order valence-corrected chi connectivity index (χ4v) is 3.09. The molecule has 0 spiro atoms. The molecule has 172 valence electrons. The molecule has 0 aromatic heterocycles. The molecule has 2 rings (SSSR count). The van der Waals surface area contributed by atoms with Gasteiger partial charge in [0.05, 0.1) is 25.4 Å². The molecule has 0 saturated carbocycles. The molecule has 1 heterocycles. The Morgan fingerprint density at radius 2 is 1.68 bits per heavy atom. The minimum atomic E-state index is -0.956. The monoisotopic (exact) mass is 435 g/mol. The molecule has 9 heteroatoms. The van der Waals surface area contributed by atoms with Gasteiger partial charge in [0.1, 0.15) is 17.4 Å². The first-order valence-electron chi connectivity index (χ1n) is 10.3. The second kappa shape index (κ2) is 9.08. The Labute approximate surface area is 185 Å². The summed E-state index contributed by atoms with van der Waals surface area (Å²) in [7, 11) is 2.25. The van der Waals surface area contributed by atoms with Crippen molar-refractivity contribution >= 4 is 24.6 Å². The summed E-state index contributed by atoms with van der Waals surface area (Å²) >= 11 is 0. The van der Waals surface area contributed by atoms with E-state index in [1.165, 1.54) is 7.11 Å². The zero-order valence-electron chi connectivity index (χ0n) is 20.0. The fraction of sp³-hybridized carbons (Fsp3) is 0.636. The van der Waals surface area contributed by atoms with Crippen LogP contribution < -0.4 is 15.5 Å². The van der Waals surface area contributed by atoms with E-state index in [1.54, 1.807) is 33.9 Å². The van der Waals surface area contributed by atoms with Gasteiger partial charge < -0.3 is 28.8 Å². The Bertz CT molecular complexity index is 801. The van der Waals surface area contributed by atoms with E-state index in [-0.39, 0.29) is 6.42 Å². The summed E-state index contributed by atoms with van der Waals surface area (Å²) in [6.07, 6.45) is -0.563. The summed E-state index contributed by atoms with van der Waals surface area (Å²) < 4.78 is 27.9. The number of benzene rings is 1. The molecule has 1 atom stereocenters. The van der Waals surface area contributed by atoms with Gasteiger partial charge >= 0.3 is 19.2 Å². The van der Waals surface area contributed by atoms with Crippen molar-refractivity contribution in [1.82, 2.24) is 5.32 Å². The van der Waals surface area contributed by atoms with Crippen LogP contribution in [0, 0.1) is 0 Å². The van der Waals surface area contributed by atoms with Crippen molar-refractivity contribution in [2.24, 2.45) is 0 Å². The van der Waals surface area contributed by atoms with Crippen LogP contribution in [0.5, 0.6) is 5.75 Å². The van der Waals surface area contributed by atoms with Gasteiger partial charge in [0.25, 0.3) is 0 Å². The number of amides is 1. The Morgan fingerprint density at radius 3 is 2.16 bits per heavy atom. The van der Waals surface area contributed by atoms with Gasteiger partial charge in [-0.25, -0.2) is 9.59 Å². The summed E-state index contributed by atoms with van der Waals surface area (Å²) in [4.78, 5) is 24.6. The highest BCUT2D eigenvalue weighted by atomic mass is 16.7. The molecule has 0 unspecified atom stereocenters. The number of carbonyl (C=O) groups excluding carboxylic acids is 2. The first kappa shape index (κ1) is 25.0. The molecule has 1 saturated heterocycles. The van der Waals surface area contributed by atoms with Gasteiger partial charge in [0, 0.05) is 6.42 Å². The smallest absolute Gasteiger partial charge is 0.494 e. The Morgan fingerprint density at radius 1 is 1.10 bits per heavy atom. The SMILES string of the molecule is COC(=O)[C@H](Cc1cc(B2OC(C)(C)C(C)(C)O2)ccc1OC)NC(=O)OC(C)(C)C. The summed E-state index contributed by atoms with van der Waals surface area (Å²) in [6, 6.07) is 4.55. The number of rotatable bonds is 6. The average Bonchev–Trinajstić information content (AvgIpc) is 2.86. The number of alkyl carbamates (subject to hydrolysis) is 1. The maximum Gasteiger partial charge on any atom is 0.494 e. The third-order valence-electron chi connectivity index (χ3n) is 5.43. The molecular formula is C22H34BNO7. The van der Waals surface area contributed by atoms with E-state index >= 15 is 0 Å². The molecule has 1 aliphatic rings. The quantitative estimate of drug-likeness (QED) is 0.543. The summed E-state index contributed by atoms with van der Waals surface area (Å²) in [5.74, 6) is -0.0193. The molecule has 1 amide bonds. The van der Waals surface area contributed by atoms with Gasteiger partial charge in [-0.2, -0.15) is 0 Å².